The smallest absolute Gasteiger partial charge is 0.0532 e. The van der Waals surface area contributed by atoms with Gasteiger partial charge in [-0.05, 0) is 54.8 Å². The average molecular weight is 260 g/mol. The molecule has 0 spiro atoms. The zero-order valence-electron chi connectivity index (χ0n) is 10.3. The Hall–Kier alpha value is -1.68. The van der Waals surface area contributed by atoms with Crippen molar-refractivity contribution >= 4 is 16.5 Å². The maximum Gasteiger partial charge on any atom is 0.0532 e. The van der Waals surface area contributed by atoms with Gasteiger partial charge in [-0.15, -0.1) is 0 Å². The molecular formula is C14H16N2OS. The van der Waals surface area contributed by atoms with Gasteiger partial charge in [-0.1, -0.05) is 0 Å². The van der Waals surface area contributed by atoms with Crippen molar-refractivity contribution < 1.29 is 4.21 Å². The minimum Gasteiger partial charge on any atom is -0.399 e. The molecule has 0 fully saturated rings. The van der Waals surface area contributed by atoms with Crippen LogP contribution in [0.5, 0.6) is 0 Å². The van der Waals surface area contributed by atoms with Crippen LogP contribution < -0.4 is 5.73 Å². The number of nitrogen functional groups attached to an aromatic ring is 1. The molecule has 94 valence electrons. The predicted molar refractivity (Wildman–Crippen MR) is 74.8 cm³/mol. The van der Waals surface area contributed by atoms with E-state index in [9.17, 15) is 4.21 Å². The fraction of sp³-hybridized carbons (Fsp3) is 0.214. The quantitative estimate of drug-likeness (QED) is 0.858. The molecular weight excluding hydrogens is 244 g/mol. The van der Waals surface area contributed by atoms with Crippen molar-refractivity contribution in [1.82, 2.24) is 4.98 Å². The Kier molecular flexibility index (Phi) is 4.10. The molecule has 1 aromatic carbocycles. The van der Waals surface area contributed by atoms with Gasteiger partial charge in [0.05, 0.1) is 10.8 Å². The van der Waals surface area contributed by atoms with E-state index in [0.717, 1.165) is 28.1 Å². The van der Waals surface area contributed by atoms with Gasteiger partial charge in [0.25, 0.3) is 0 Å². The molecule has 0 aliphatic carbocycles. The Morgan fingerprint density at radius 2 is 1.94 bits per heavy atom. The minimum absolute atomic E-state index is 0.618. The first-order chi connectivity index (χ1) is 8.66. The van der Waals surface area contributed by atoms with Crippen molar-refractivity contribution in [3.8, 4) is 0 Å². The fourth-order valence-electron chi connectivity index (χ4n) is 1.67. The normalized spacial score (nSPS) is 12.3. The summed E-state index contributed by atoms with van der Waals surface area (Å²) < 4.78 is 12.1. The molecule has 0 radical (unpaired) electrons. The monoisotopic (exact) mass is 260 g/mol. The van der Waals surface area contributed by atoms with E-state index in [1.807, 2.05) is 37.3 Å². The van der Waals surface area contributed by atoms with Crippen LogP contribution in [0.4, 0.5) is 5.69 Å². The Bertz CT molecular complexity index is 555. The highest BCUT2D eigenvalue weighted by Crippen LogP contribution is 2.16. The van der Waals surface area contributed by atoms with Crippen molar-refractivity contribution in [2.24, 2.45) is 0 Å². The summed E-state index contributed by atoms with van der Waals surface area (Å²) in [6.07, 6.45) is 4.30. The molecule has 3 nitrogen and oxygen atoms in total. The minimum atomic E-state index is -0.978. The molecule has 0 amide bonds. The van der Waals surface area contributed by atoms with Gasteiger partial charge in [-0.3, -0.25) is 9.19 Å². The van der Waals surface area contributed by atoms with E-state index in [1.165, 1.54) is 0 Å². The SMILES string of the molecule is Cc1cc(S(=O)CCc2ccncc2)ccc1N. The molecule has 0 saturated carbocycles. The Morgan fingerprint density at radius 1 is 1.22 bits per heavy atom. The number of aromatic nitrogens is 1. The number of hydrogen-bond acceptors (Lipinski definition) is 3. The number of hydrogen-bond donors (Lipinski definition) is 1. The van der Waals surface area contributed by atoms with Crippen molar-refractivity contribution in [2.75, 3.05) is 11.5 Å². The number of nitrogens with two attached hydrogens (primary N) is 1. The first-order valence-electron chi connectivity index (χ1n) is 5.80. The molecule has 4 heteroatoms. The third-order valence-corrected chi connectivity index (χ3v) is 4.18. The molecule has 2 aromatic rings. The van der Waals surface area contributed by atoms with Gasteiger partial charge in [-0.2, -0.15) is 0 Å². The number of nitrogens with zero attached hydrogens (tertiary/aromatic N) is 1. The van der Waals surface area contributed by atoms with Crippen LogP contribution in [0.2, 0.25) is 0 Å². The summed E-state index contributed by atoms with van der Waals surface area (Å²) in [6.45, 7) is 1.93. The standard InChI is InChI=1S/C14H16N2OS/c1-11-10-13(2-3-14(11)15)18(17)9-6-12-4-7-16-8-5-12/h2-5,7-8,10H,6,9,15H2,1H3. The summed E-state index contributed by atoms with van der Waals surface area (Å²) in [6, 6.07) is 9.45. The second kappa shape index (κ2) is 5.78. The maximum atomic E-state index is 12.1. The molecule has 0 saturated heterocycles. The second-order valence-corrected chi connectivity index (χ2v) is 5.74. The van der Waals surface area contributed by atoms with E-state index in [4.69, 9.17) is 5.73 Å². The summed E-state index contributed by atoms with van der Waals surface area (Å²) >= 11 is 0. The van der Waals surface area contributed by atoms with Crippen LogP contribution in [-0.4, -0.2) is 14.9 Å². The topological polar surface area (TPSA) is 56.0 Å². The highest BCUT2D eigenvalue weighted by Gasteiger charge is 2.05. The van der Waals surface area contributed by atoms with Crippen molar-refractivity contribution in [3.63, 3.8) is 0 Å². The fourth-order valence-corrected chi connectivity index (χ4v) is 2.85. The van der Waals surface area contributed by atoms with Gasteiger partial charge in [0.15, 0.2) is 0 Å². The maximum absolute atomic E-state index is 12.1. The summed E-state index contributed by atoms with van der Waals surface area (Å²) in [5.74, 6) is 0.618. The van der Waals surface area contributed by atoms with Crippen LogP contribution in [0.1, 0.15) is 11.1 Å². The van der Waals surface area contributed by atoms with E-state index in [1.54, 1.807) is 12.4 Å². The third kappa shape index (κ3) is 3.17. The van der Waals surface area contributed by atoms with Gasteiger partial charge < -0.3 is 5.73 Å². The number of anilines is 1. The number of aryl methyl sites for hydroxylation is 2. The number of pyridine rings is 1. The lowest BCUT2D eigenvalue weighted by Gasteiger charge is -2.05. The van der Waals surface area contributed by atoms with Gasteiger partial charge >= 0.3 is 0 Å². The van der Waals surface area contributed by atoms with E-state index in [2.05, 4.69) is 4.98 Å². The molecule has 1 atom stereocenters. The average Bonchev–Trinajstić information content (AvgIpc) is 2.40. The molecule has 1 unspecified atom stereocenters. The summed E-state index contributed by atoms with van der Waals surface area (Å²) in [7, 11) is -0.978. The van der Waals surface area contributed by atoms with E-state index in [0.29, 0.717) is 5.75 Å². The molecule has 2 N–H and O–H groups in total. The van der Waals surface area contributed by atoms with Gasteiger partial charge in [-0.25, -0.2) is 0 Å². The zero-order valence-corrected chi connectivity index (χ0v) is 11.1. The van der Waals surface area contributed by atoms with Crippen LogP contribution >= 0.6 is 0 Å². The molecule has 1 aromatic heterocycles. The highest BCUT2D eigenvalue weighted by molar-refractivity contribution is 7.85. The molecule has 1 heterocycles. The van der Waals surface area contributed by atoms with Crippen LogP contribution in [0.25, 0.3) is 0 Å². The molecule has 0 aliphatic heterocycles. The highest BCUT2D eigenvalue weighted by atomic mass is 32.2. The van der Waals surface area contributed by atoms with Crippen LogP contribution in [0.15, 0.2) is 47.6 Å². The molecule has 2 rings (SSSR count). The number of rotatable bonds is 4. The van der Waals surface area contributed by atoms with Crippen LogP contribution in [-0.2, 0) is 17.2 Å². The van der Waals surface area contributed by atoms with Crippen molar-refractivity contribution in [1.29, 1.82) is 0 Å². The van der Waals surface area contributed by atoms with E-state index < -0.39 is 10.8 Å². The lowest BCUT2D eigenvalue weighted by molar-refractivity contribution is 0.682. The zero-order chi connectivity index (χ0) is 13.0. The molecule has 0 aliphatic rings. The Morgan fingerprint density at radius 3 is 2.61 bits per heavy atom. The van der Waals surface area contributed by atoms with Crippen molar-refractivity contribution in [3.05, 3.63) is 53.9 Å². The van der Waals surface area contributed by atoms with E-state index >= 15 is 0 Å². The summed E-state index contributed by atoms with van der Waals surface area (Å²) in [5, 5.41) is 0. The molecule has 18 heavy (non-hydrogen) atoms. The van der Waals surface area contributed by atoms with Gasteiger partial charge in [0.1, 0.15) is 0 Å². The van der Waals surface area contributed by atoms with Crippen LogP contribution in [0.3, 0.4) is 0 Å². The predicted octanol–water partition coefficient (Wildman–Crippen LogP) is 2.32. The summed E-state index contributed by atoms with van der Waals surface area (Å²) in [4.78, 5) is 4.81. The van der Waals surface area contributed by atoms with Crippen molar-refractivity contribution in [2.45, 2.75) is 18.2 Å². The first kappa shape index (κ1) is 12.8. The lowest BCUT2D eigenvalue weighted by atomic mass is 10.2. The lowest BCUT2D eigenvalue weighted by Crippen LogP contribution is -2.02. The van der Waals surface area contributed by atoms with Gasteiger partial charge in [0.2, 0.25) is 0 Å². The van der Waals surface area contributed by atoms with Gasteiger partial charge in [0, 0.05) is 28.7 Å². The summed E-state index contributed by atoms with van der Waals surface area (Å²) in [5.41, 5.74) is 8.62. The second-order valence-electron chi connectivity index (χ2n) is 4.17. The Balaban J connectivity index is 2.02. The largest absolute Gasteiger partial charge is 0.399 e. The van der Waals surface area contributed by atoms with E-state index in [-0.39, 0.29) is 0 Å². The Labute approximate surface area is 110 Å². The number of benzene rings is 1. The first-order valence-corrected chi connectivity index (χ1v) is 7.12. The third-order valence-electron chi connectivity index (χ3n) is 2.83. The van der Waals surface area contributed by atoms with Crippen LogP contribution in [0, 0.1) is 6.92 Å². The molecule has 0 bridgehead atoms.